The molecule has 1 aromatic heterocycles. The second-order valence-electron chi connectivity index (χ2n) is 5.98. The van der Waals surface area contributed by atoms with Crippen LogP contribution in [0.4, 0.5) is 5.82 Å². The molecule has 0 bridgehead atoms. The van der Waals surface area contributed by atoms with E-state index >= 15 is 0 Å². The topological polar surface area (TPSA) is 37.8 Å². The molecule has 2 fully saturated rings. The fourth-order valence-electron chi connectivity index (χ4n) is 2.96. The zero-order valence-electron chi connectivity index (χ0n) is 11.5. The van der Waals surface area contributed by atoms with Crippen molar-refractivity contribution in [3.63, 3.8) is 0 Å². The van der Waals surface area contributed by atoms with Crippen LogP contribution in [0.15, 0.2) is 6.07 Å². The van der Waals surface area contributed by atoms with Crippen LogP contribution in [0.25, 0.3) is 0 Å². The molecule has 4 heteroatoms. The van der Waals surface area contributed by atoms with Crippen molar-refractivity contribution >= 4 is 17.4 Å². The van der Waals surface area contributed by atoms with Gasteiger partial charge in [-0.1, -0.05) is 24.9 Å². The highest BCUT2D eigenvalue weighted by Crippen LogP contribution is 2.39. The summed E-state index contributed by atoms with van der Waals surface area (Å²) in [4.78, 5) is 8.95. The van der Waals surface area contributed by atoms with Crippen LogP contribution in [0.1, 0.15) is 63.6 Å². The van der Waals surface area contributed by atoms with Gasteiger partial charge in [0.2, 0.25) is 0 Å². The van der Waals surface area contributed by atoms with Gasteiger partial charge in [0.15, 0.2) is 0 Å². The number of aromatic nitrogens is 2. The summed E-state index contributed by atoms with van der Waals surface area (Å²) in [5, 5.41) is 4.12. The Morgan fingerprint density at radius 2 is 1.89 bits per heavy atom. The highest BCUT2D eigenvalue weighted by Gasteiger charge is 2.27. The summed E-state index contributed by atoms with van der Waals surface area (Å²) in [6.07, 6.45) is 8.91. The highest BCUT2D eigenvalue weighted by atomic mass is 35.5. The fourth-order valence-corrected chi connectivity index (χ4v) is 3.15. The first-order chi connectivity index (χ1) is 9.24. The van der Waals surface area contributed by atoms with Crippen molar-refractivity contribution in [1.29, 1.82) is 0 Å². The summed E-state index contributed by atoms with van der Waals surface area (Å²) in [6.45, 7) is 2.30. The van der Waals surface area contributed by atoms with E-state index in [2.05, 4.69) is 22.2 Å². The number of halogens is 1. The molecule has 0 unspecified atom stereocenters. The predicted octanol–water partition coefficient (Wildman–Crippen LogP) is 4.39. The molecule has 0 saturated heterocycles. The van der Waals surface area contributed by atoms with Crippen LogP contribution in [0, 0.1) is 5.92 Å². The number of nitrogens with zero attached hydrogens (tertiary/aromatic N) is 2. The average molecular weight is 280 g/mol. The Kier molecular flexibility index (Phi) is 3.92. The van der Waals surface area contributed by atoms with E-state index in [1.807, 2.05) is 6.07 Å². The van der Waals surface area contributed by atoms with Crippen LogP contribution in [-0.2, 0) is 0 Å². The molecule has 2 saturated carbocycles. The van der Waals surface area contributed by atoms with Crippen LogP contribution >= 0.6 is 11.6 Å². The number of anilines is 1. The van der Waals surface area contributed by atoms with E-state index in [0.29, 0.717) is 17.1 Å². The summed E-state index contributed by atoms with van der Waals surface area (Å²) >= 11 is 6.09. The van der Waals surface area contributed by atoms with Crippen molar-refractivity contribution in [2.75, 3.05) is 5.32 Å². The zero-order chi connectivity index (χ0) is 13.2. The van der Waals surface area contributed by atoms with Gasteiger partial charge in [-0.25, -0.2) is 9.97 Å². The van der Waals surface area contributed by atoms with Gasteiger partial charge in [-0.05, 0) is 44.4 Å². The Labute approximate surface area is 120 Å². The van der Waals surface area contributed by atoms with Gasteiger partial charge in [-0.3, -0.25) is 0 Å². The molecule has 19 heavy (non-hydrogen) atoms. The van der Waals surface area contributed by atoms with Crippen molar-refractivity contribution in [2.45, 2.75) is 63.8 Å². The lowest BCUT2D eigenvalue weighted by atomic mass is 9.84. The molecule has 0 aliphatic heterocycles. The molecule has 1 heterocycles. The van der Waals surface area contributed by atoms with Crippen LogP contribution in [0.2, 0.25) is 5.15 Å². The minimum absolute atomic E-state index is 0.551. The second-order valence-corrected chi connectivity index (χ2v) is 6.37. The Morgan fingerprint density at radius 3 is 2.53 bits per heavy atom. The molecular formula is C15H22ClN3. The van der Waals surface area contributed by atoms with Gasteiger partial charge in [-0.15, -0.1) is 0 Å². The summed E-state index contributed by atoms with van der Waals surface area (Å²) < 4.78 is 0. The van der Waals surface area contributed by atoms with Crippen molar-refractivity contribution in [1.82, 2.24) is 9.97 Å². The molecule has 3 rings (SSSR count). The van der Waals surface area contributed by atoms with Crippen molar-refractivity contribution in [3.05, 3.63) is 17.0 Å². The Morgan fingerprint density at radius 1 is 1.16 bits per heavy atom. The van der Waals surface area contributed by atoms with E-state index in [0.717, 1.165) is 17.6 Å². The molecular weight excluding hydrogens is 258 g/mol. The summed E-state index contributed by atoms with van der Waals surface area (Å²) in [5.41, 5.74) is 0. The monoisotopic (exact) mass is 279 g/mol. The quantitative estimate of drug-likeness (QED) is 0.831. The lowest BCUT2D eigenvalue weighted by Gasteiger charge is -2.28. The Bertz CT molecular complexity index is 437. The molecule has 1 N–H and O–H groups in total. The number of rotatable bonds is 4. The lowest BCUT2D eigenvalue weighted by Crippen LogP contribution is -2.26. The van der Waals surface area contributed by atoms with E-state index in [1.165, 1.54) is 44.9 Å². The molecule has 0 aromatic carbocycles. The van der Waals surface area contributed by atoms with E-state index in [9.17, 15) is 0 Å². The highest BCUT2D eigenvalue weighted by molar-refractivity contribution is 6.29. The molecule has 0 amide bonds. The summed E-state index contributed by atoms with van der Waals surface area (Å²) in [7, 11) is 0. The maximum atomic E-state index is 6.09. The zero-order valence-corrected chi connectivity index (χ0v) is 12.3. The Balaban J connectivity index is 1.63. The van der Waals surface area contributed by atoms with Gasteiger partial charge in [0, 0.05) is 18.0 Å². The molecule has 2 aliphatic rings. The minimum atomic E-state index is 0.551. The fraction of sp³-hybridized carbons (Fsp3) is 0.733. The molecule has 2 aliphatic carbocycles. The maximum Gasteiger partial charge on any atom is 0.135 e. The van der Waals surface area contributed by atoms with Crippen LogP contribution in [0.5, 0.6) is 0 Å². The normalized spacial score (nSPS) is 27.3. The van der Waals surface area contributed by atoms with Gasteiger partial charge in [0.1, 0.15) is 16.8 Å². The molecule has 3 nitrogen and oxygen atoms in total. The van der Waals surface area contributed by atoms with E-state index in [4.69, 9.17) is 11.6 Å². The second kappa shape index (κ2) is 5.66. The van der Waals surface area contributed by atoms with Gasteiger partial charge in [0.25, 0.3) is 0 Å². The summed E-state index contributed by atoms with van der Waals surface area (Å²) in [5.74, 6) is 3.32. The first-order valence-electron chi connectivity index (χ1n) is 7.55. The Hall–Kier alpha value is -0.830. The lowest BCUT2D eigenvalue weighted by molar-refractivity contribution is 0.330. The number of hydrogen-bond donors (Lipinski definition) is 1. The summed E-state index contributed by atoms with van der Waals surface area (Å²) in [6, 6.07) is 2.42. The van der Waals surface area contributed by atoms with Gasteiger partial charge in [-0.2, -0.15) is 0 Å². The van der Waals surface area contributed by atoms with Crippen molar-refractivity contribution in [2.24, 2.45) is 5.92 Å². The first-order valence-corrected chi connectivity index (χ1v) is 7.93. The van der Waals surface area contributed by atoms with Gasteiger partial charge < -0.3 is 5.32 Å². The molecule has 0 radical (unpaired) electrons. The average Bonchev–Trinajstić information content (AvgIpc) is 3.23. The third kappa shape index (κ3) is 3.38. The van der Waals surface area contributed by atoms with Gasteiger partial charge in [0.05, 0.1) is 0 Å². The molecule has 0 atom stereocenters. The van der Waals surface area contributed by atoms with E-state index in [1.54, 1.807) is 0 Å². The van der Waals surface area contributed by atoms with Crippen molar-refractivity contribution in [3.8, 4) is 0 Å². The third-order valence-electron chi connectivity index (χ3n) is 4.43. The van der Waals surface area contributed by atoms with Crippen LogP contribution < -0.4 is 5.32 Å². The minimum Gasteiger partial charge on any atom is -0.367 e. The first kappa shape index (κ1) is 13.2. The molecule has 104 valence electrons. The molecule has 1 aromatic rings. The van der Waals surface area contributed by atoms with Crippen LogP contribution in [-0.4, -0.2) is 16.0 Å². The maximum absolute atomic E-state index is 6.09. The SMILES string of the molecule is CCC1CCC(Nc2cc(Cl)nc(C3CC3)n2)CC1. The van der Waals surface area contributed by atoms with Crippen LogP contribution in [0.3, 0.4) is 0 Å². The van der Waals surface area contributed by atoms with Gasteiger partial charge >= 0.3 is 0 Å². The van der Waals surface area contributed by atoms with E-state index < -0.39 is 0 Å². The van der Waals surface area contributed by atoms with E-state index in [-0.39, 0.29) is 0 Å². The number of hydrogen-bond acceptors (Lipinski definition) is 3. The largest absolute Gasteiger partial charge is 0.367 e. The number of nitrogens with one attached hydrogen (secondary N) is 1. The predicted molar refractivity (Wildman–Crippen MR) is 78.7 cm³/mol. The smallest absolute Gasteiger partial charge is 0.135 e. The molecule has 0 spiro atoms. The standard InChI is InChI=1S/C15H22ClN3/c1-2-10-3-7-12(8-4-10)17-14-9-13(16)18-15(19-14)11-5-6-11/h9-12H,2-8H2,1H3,(H,17,18,19). The van der Waals surface area contributed by atoms with Crippen molar-refractivity contribution < 1.29 is 0 Å². The third-order valence-corrected chi connectivity index (χ3v) is 4.62.